The first-order chi connectivity index (χ1) is 8.94. The standard InChI is InChI=1S/C16H27NO2/c1-13(2)15-7-5-14(6-8-15)11-16(3,18)12-17-9-10-19-4/h5-8,13,17-18H,9-12H2,1-4H3. The molecule has 0 amide bonds. The highest BCUT2D eigenvalue weighted by Crippen LogP contribution is 2.17. The van der Waals surface area contributed by atoms with Crippen molar-refractivity contribution in [2.75, 3.05) is 26.8 Å². The molecule has 1 atom stereocenters. The van der Waals surface area contributed by atoms with Gasteiger partial charge in [0.1, 0.15) is 0 Å². The van der Waals surface area contributed by atoms with Crippen molar-refractivity contribution in [2.24, 2.45) is 0 Å². The van der Waals surface area contributed by atoms with Crippen molar-refractivity contribution in [1.29, 1.82) is 0 Å². The summed E-state index contributed by atoms with van der Waals surface area (Å²) in [5.74, 6) is 0.547. The third-order valence-electron chi connectivity index (χ3n) is 3.22. The summed E-state index contributed by atoms with van der Waals surface area (Å²) in [5.41, 5.74) is 1.78. The molecule has 0 heterocycles. The van der Waals surface area contributed by atoms with Crippen LogP contribution >= 0.6 is 0 Å². The van der Waals surface area contributed by atoms with Gasteiger partial charge in [-0.3, -0.25) is 0 Å². The topological polar surface area (TPSA) is 41.5 Å². The Morgan fingerprint density at radius 1 is 1.26 bits per heavy atom. The Morgan fingerprint density at radius 3 is 2.42 bits per heavy atom. The number of methoxy groups -OCH3 is 1. The second kappa shape index (κ2) is 7.63. The predicted molar refractivity (Wildman–Crippen MR) is 79.6 cm³/mol. The van der Waals surface area contributed by atoms with E-state index in [0.29, 0.717) is 25.5 Å². The van der Waals surface area contributed by atoms with Gasteiger partial charge in [0, 0.05) is 26.6 Å². The number of rotatable bonds is 8. The summed E-state index contributed by atoms with van der Waals surface area (Å²) in [6.07, 6.45) is 0.658. The smallest absolute Gasteiger partial charge is 0.0783 e. The van der Waals surface area contributed by atoms with Crippen molar-refractivity contribution >= 4 is 0 Å². The monoisotopic (exact) mass is 265 g/mol. The van der Waals surface area contributed by atoms with Gasteiger partial charge in [-0.15, -0.1) is 0 Å². The minimum atomic E-state index is -0.729. The lowest BCUT2D eigenvalue weighted by Gasteiger charge is -2.24. The molecule has 0 bridgehead atoms. The molecule has 0 aliphatic rings. The van der Waals surface area contributed by atoms with Gasteiger partial charge in [-0.1, -0.05) is 38.1 Å². The van der Waals surface area contributed by atoms with Crippen molar-refractivity contribution in [3.8, 4) is 0 Å². The van der Waals surface area contributed by atoms with E-state index in [-0.39, 0.29) is 0 Å². The first kappa shape index (κ1) is 16.2. The Hall–Kier alpha value is -0.900. The van der Waals surface area contributed by atoms with Gasteiger partial charge in [-0.05, 0) is 24.0 Å². The van der Waals surface area contributed by atoms with Gasteiger partial charge >= 0.3 is 0 Å². The summed E-state index contributed by atoms with van der Waals surface area (Å²) in [4.78, 5) is 0. The van der Waals surface area contributed by atoms with Crippen LogP contribution in [0.15, 0.2) is 24.3 Å². The largest absolute Gasteiger partial charge is 0.389 e. The van der Waals surface area contributed by atoms with Crippen LogP contribution < -0.4 is 5.32 Å². The fourth-order valence-electron chi connectivity index (χ4n) is 2.05. The van der Waals surface area contributed by atoms with Gasteiger partial charge in [-0.2, -0.15) is 0 Å². The molecule has 1 rings (SSSR count). The summed E-state index contributed by atoms with van der Waals surface area (Å²) in [5, 5.41) is 13.5. The molecule has 1 unspecified atom stereocenters. The summed E-state index contributed by atoms with van der Waals surface area (Å²) in [6.45, 7) is 8.24. The van der Waals surface area contributed by atoms with Crippen LogP contribution in [-0.2, 0) is 11.2 Å². The van der Waals surface area contributed by atoms with E-state index in [1.165, 1.54) is 11.1 Å². The average molecular weight is 265 g/mol. The normalized spacial score (nSPS) is 14.6. The first-order valence-electron chi connectivity index (χ1n) is 6.95. The lowest BCUT2D eigenvalue weighted by atomic mass is 9.94. The van der Waals surface area contributed by atoms with Crippen molar-refractivity contribution in [3.05, 3.63) is 35.4 Å². The molecule has 0 saturated heterocycles. The van der Waals surface area contributed by atoms with Crippen LogP contribution in [0, 0.1) is 0 Å². The summed E-state index contributed by atoms with van der Waals surface area (Å²) in [6, 6.07) is 8.51. The molecule has 0 aliphatic heterocycles. The van der Waals surface area contributed by atoms with Gasteiger partial charge in [0.05, 0.1) is 12.2 Å². The van der Waals surface area contributed by atoms with E-state index in [4.69, 9.17) is 4.74 Å². The quantitative estimate of drug-likeness (QED) is 0.709. The van der Waals surface area contributed by atoms with Crippen LogP contribution in [-0.4, -0.2) is 37.5 Å². The zero-order chi connectivity index (χ0) is 14.3. The Labute approximate surface area is 117 Å². The number of hydrogen-bond donors (Lipinski definition) is 2. The van der Waals surface area contributed by atoms with E-state index >= 15 is 0 Å². The van der Waals surface area contributed by atoms with Crippen molar-refractivity contribution in [1.82, 2.24) is 5.32 Å². The number of ether oxygens (including phenoxy) is 1. The van der Waals surface area contributed by atoms with Crippen LogP contribution in [0.2, 0.25) is 0 Å². The van der Waals surface area contributed by atoms with Crippen molar-refractivity contribution < 1.29 is 9.84 Å². The highest BCUT2D eigenvalue weighted by atomic mass is 16.5. The summed E-state index contributed by atoms with van der Waals surface area (Å²) < 4.78 is 4.97. The molecule has 0 spiro atoms. The van der Waals surface area contributed by atoms with Crippen LogP contribution in [0.5, 0.6) is 0 Å². The molecule has 0 fully saturated rings. The zero-order valence-electron chi connectivity index (χ0n) is 12.6. The average Bonchev–Trinajstić information content (AvgIpc) is 2.35. The number of aliphatic hydroxyl groups is 1. The molecular formula is C16H27NO2. The van der Waals surface area contributed by atoms with E-state index in [1.54, 1.807) is 7.11 Å². The maximum Gasteiger partial charge on any atom is 0.0783 e. The lowest BCUT2D eigenvalue weighted by molar-refractivity contribution is 0.0581. The molecule has 1 aromatic carbocycles. The van der Waals surface area contributed by atoms with E-state index in [0.717, 1.165) is 6.54 Å². The maximum atomic E-state index is 10.3. The summed E-state index contributed by atoms with van der Waals surface area (Å²) in [7, 11) is 1.68. The molecule has 1 aromatic rings. The fraction of sp³-hybridized carbons (Fsp3) is 0.625. The van der Waals surface area contributed by atoms with Crippen molar-refractivity contribution in [2.45, 2.75) is 38.7 Å². The molecule has 2 N–H and O–H groups in total. The minimum absolute atomic E-state index is 0.547. The first-order valence-corrected chi connectivity index (χ1v) is 6.95. The number of nitrogens with one attached hydrogen (secondary N) is 1. The highest BCUT2D eigenvalue weighted by molar-refractivity contribution is 5.25. The molecule has 108 valence electrons. The maximum absolute atomic E-state index is 10.3. The highest BCUT2D eigenvalue weighted by Gasteiger charge is 2.20. The van der Waals surface area contributed by atoms with Crippen molar-refractivity contribution in [3.63, 3.8) is 0 Å². The van der Waals surface area contributed by atoms with E-state index < -0.39 is 5.60 Å². The van der Waals surface area contributed by atoms with Crippen LogP contribution in [0.3, 0.4) is 0 Å². The SMILES string of the molecule is COCCNCC(C)(O)Cc1ccc(C(C)C)cc1. The molecule has 19 heavy (non-hydrogen) atoms. The molecule has 0 radical (unpaired) electrons. The minimum Gasteiger partial charge on any atom is -0.389 e. The Bertz CT molecular complexity index is 358. The third kappa shape index (κ3) is 6.19. The predicted octanol–water partition coefficient (Wildman–Crippen LogP) is 2.34. The molecule has 0 saturated carbocycles. The molecule has 0 aliphatic carbocycles. The Balaban J connectivity index is 2.47. The van der Waals surface area contributed by atoms with E-state index in [1.807, 2.05) is 6.92 Å². The van der Waals surface area contributed by atoms with Gasteiger partial charge in [-0.25, -0.2) is 0 Å². The zero-order valence-corrected chi connectivity index (χ0v) is 12.6. The molecule has 0 aromatic heterocycles. The Morgan fingerprint density at radius 2 is 1.89 bits per heavy atom. The molecule has 3 nitrogen and oxygen atoms in total. The molecular weight excluding hydrogens is 238 g/mol. The van der Waals surface area contributed by atoms with Gasteiger partial charge in [0.25, 0.3) is 0 Å². The van der Waals surface area contributed by atoms with Crippen LogP contribution in [0.4, 0.5) is 0 Å². The second-order valence-corrected chi connectivity index (χ2v) is 5.74. The van der Waals surface area contributed by atoms with Crippen LogP contribution in [0.1, 0.15) is 37.8 Å². The van der Waals surface area contributed by atoms with E-state index in [2.05, 4.69) is 43.4 Å². The van der Waals surface area contributed by atoms with E-state index in [9.17, 15) is 5.11 Å². The fourth-order valence-corrected chi connectivity index (χ4v) is 2.05. The number of benzene rings is 1. The van der Waals surface area contributed by atoms with Gasteiger partial charge in [0.2, 0.25) is 0 Å². The third-order valence-corrected chi connectivity index (χ3v) is 3.22. The Kier molecular flexibility index (Phi) is 6.49. The van der Waals surface area contributed by atoms with Gasteiger partial charge in [0.15, 0.2) is 0 Å². The van der Waals surface area contributed by atoms with Crippen LogP contribution in [0.25, 0.3) is 0 Å². The summed E-state index contributed by atoms with van der Waals surface area (Å²) >= 11 is 0. The number of hydrogen-bond acceptors (Lipinski definition) is 3. The lowest BCUT2D eigenvalue weighted by Crippen LogP contribution is -2.40. The van der Waals surface area contributed by atoms with Gasteiger partial charge < -0.3 is 15.2 Å². The molecule has 3 heteroatoms. The second-order valence-electron chi connectivity index (χ2n) is 5.74.